The zero-order valence-corrected chi connectivity index (χ0v) is 10.9. The van der Waals surface area contributed by atoms with Gasteiger partial charge in [-0.1, -0.05) is 11.6 Å². The van der Waals surface area contributed by atoms with Crippen molar-refractivity contribution in [2.75, 3.05) is 7.11 Å². The van der Waals surface area contributed by atoms with Gasteiger partial charge in [-0.15, -0.1) is 11.3 Å². The van der Waals surface area contributed by atoms with Crippen LogP contribution in [-0.4, -0.2) is 12.2 Å². The normalized spacial score (nSPS) is 12.5. The van der Waals surface area contributed by atoms with Crippen molar-refractivity contribution in [3.63, 3.8) is 0 Å². The molecule has 6 heteroatoms. The maximum atomic E-state index is 13.7. The van der Waals surface area contributed by atoms with E-state index in [0.29, 0.717) is 9.21 Å². The van der Waals surface area contributed by atoms with Gasteiger partial charge in [0, 0.05) is 17.0 Å². The molecule has 2 aromatic rings. The molecule has 1 heterocycles. The number of halogens is 3. The summed E-state index contributed by atoms with van der Waals surface area (Å²) >= 11 is 6.79. The van der Waals surface area contributed by atoms with Crippen LogP contribution in [0.25, 0.3) is 0 Å². The van der Waals surface area contributed by atoms with Gasteiger partial charge in [0.25, 0.3) is 0 Å². The van der Waals surface area contributed by atoms with Gasteiger partial charge in [0.15, 0.2) is 0 Å². The van der Waals surface area contributed by atoms with E-state index < -0.39 is 23.3 Å². The topological polar surface area (TPSA) is 29.5 Å². The average Bonchev–Trinajstić information content (AvgIpc) is 2.74. The summed E-state index contributed by atoms with van der Waals surface area (Å²) in [5.41, 5.74) is -0.408. The summed E-state index contributed by atoms with van der Waals surface area (Å²) in [6.07, 6.45) is -1.38. The maximum absolute atomic E-state index is 13.7. The standard InChI is InChI=1S/C12H9ClF2O2S/c1-17-6-4-7(14)11(8(15)5-6)12(16)9-2-3-10(13)18-9/h2-5,12,16H,1H3. The van der Waals surface area contributed by atoms with Gasteiger partial charge in [0.05, 0.1) is 17.0 Å². The second-order valence-electron chi connectivity index (χ2n) is 3.55. The molecule has 1 unspecified atom stereocenters. The van der Waals surface area contributed by atoms with E-state index in [1.807, 2.05) is 0 Å². The third-order valence-corrected chi connectivity index (χ3v) is 3.71. The van der Waals surface area contributed by atoms with Crippen LogP contribution in [-0.2, 0) is 0 Å². The first-order valence-electron chi connectivity index (χ1n) is 4.99. The minimum atomic E-state index is -1.38. The molecule has 0 aliphatic carbocycles. The lowest BCUT2D eigenvalue weighted by Crippen LogP contribution is -2.05. The number of ether oxygens (including phenoxy) is 1. The Morgan fingerprint density at radius 3 is 2.33 bits per heavy atom. The molecule has 1 aromatic heterocycles. The van der Waals surface area contributed by atoms with Gasteiger partial charge in [-0.2, -0.15) is 0 Å². The summed E-state index contributed by atoms with van der Waals surface area (Å²) in [5.74, 6) is -1.65. The van der Waals surface area contributed by atoms with Gasteiger partial charge >= 0.3 is 0 Å². The maximum Gasteiger partial charge on any atom is 0.136 e. The van der Waals surface area contributed by atoms with E-state index in [1.54, 1.807) is 6.07 Å². The molecule has 0 saturated heterocycles. The van der Waals surface area contributed by atoms with Crippen molar-refractivity contribution in [3.05, 3.63) is 50.7 Å². The van der Waals surface area contributed by atoms with Crippen molar-refractivity contribution < 1.29 is 18.6 Å². The smallest absolute Gasteiger partial charge is 0.136 e. The molecule has 2 rings (SSSR count). The number of rotatable bonds is 3. The fourth-order valence-corrected chi connectivity index (χ4v) is 2.61. The minimum absolute atomic E-state index is 0.0603. The van der Waals surface area contributed by atoms with E-state index in [9.17, 15) is 13.9 Å². The number of aliphatic hydroxyl groups excluding tert-OH is 1. The van der Waals surface area contributed by atoms with Gasteiger partial charge < -0.3 is 9.84 Å². The third-order valence-electron chi connectivity index (χ3n) is 2.43. The molecule has 0 aliphatic heterocycles. The van der Waals surface area contributed by atoms with Crippen molar-refractivity contribution in [3.8, 4) is 5.75 Å². The monoisotopic (exact) mass is 290 g/mol. The minimum Gasteiger partial charge on any atom is -0.497 e. The van der Waals surface area contributed by atoms with E-state index in [0.717, 1.165) is 23.5 Å². The Hall–Kier alpha value is -1.17. The molecule has 18 heavy (non-hydrogen) atoms. The first-order valence-corrected chi connectivity index (χ1v) is 6.18. The molecule has 1 N–H and O–H groups in total. The first kappa shape index (κ1) is 13.3. The van der Waals surface area contributed by atoms with E-state index >= 15 is 0 Å². The van der Waals surface area contributed by atoms with Gasteiger partial charge in [-0.25, -0.2) is 8.78 Å². The zero-order chi connectivity index (χ0) is 13.3. The van der Waals surface area contributed by atoms with Crippen LogP contribution < -0.4 is 4.74 Å². The van der Waals surface area contributed by atoms with E-state index in [4.69, 9.17) is 16.3 Å². The summed E-state index contributed by atoms with van der Waals surface area (Å²) < 4.78 is 32.6. The van der Waals surface area contributed by atoms with Gasteiger partial charge in [0.2, 0.25) is 0 Å². The van der Waals surface area contributed by atoms with E-state index in [2.05, 4.69) is 0 Å². The van der Waals surface area contributed by atoms with Crippen LogP contribution in [0, 0.1) is 11.6 Å². The highest BCUT2D eigenvalue weighted by Crippen LogP contribution is 2.34. The quantitative estimate of drug-likeness (QED) is 0.932. The van der Waals surface area contributed by atoms with Crippen LogP contribution >= 0.6 is 22.9 Å². The summed E-state index contributed by atoms with van der Waals surface area (Å²) in [6.45, 7) is 0. The van der Waals surface area contributed by atoms with E-state index in [-0.39, 0.29) is 5.75 Å². The Labute approximate surface area is 111 Å². The largest absolute Gasteiger partial charge is 0.497 e. The lowest BCUT2D eigenvalue weighted by molar-refractivity contribution is 0.212. The molecule has 0 bridgehead atoms. The third kappa shape index (κ3) is 2.48. The molecule has 0 fully saturated rings. The molecule has 2 nitrogen and oxygen atoms in total. The van der Waals surface area contributed by atoms with Crippen molar-refractivity contribution in [1.82, 2.24) is 0 Å². The van der Waals surface area contributed by atoms with Crippen molar-refractivity contribution >= 4 is 22.9 Å². The highest BCUT2D eigenvalue weighted by molar-refractivity contribution is 7.16. The van der Waals surface area contributed by atoms with Crippen molar-refractivity contribution in [2.24, 2.45) is 0 Å². The first-order chi connectivity index (χ1) is 8.52. The van der Waals surface area contributed by atoms with E-state index in [1.165, 1.54) is 13.2 Å². The summed E-state index contributed by atoms with van der Waals surface area (Å²) in [5, 5.41) is 9.96. The summed E-state index contributed by atoms with van der Waals surface area (Å²) in [7, 11) is 1.31. The Morgan fingerprint density at radius 2 is 1.89 bits per heavy atom. The molecule has 0 saturated carbocycles. The van der Waals surface area contributed by atoms with Crippen LogP contribution in [0.3, 0.4) is 0 Å². The molecule has 0 amide bonds. The molecular formula is C12H9ClF2O2S. The number of thiophene rings is 1. The SMILES string of the molecule is COc1cc(F)c(C(O)c2ccc(Cl)s2)c(F)c1. The fraction of sp³-hybridized carbons (Fsp3) is 0.167. The van der Waals surface area contributed by atoms with Crippen LogP contribution in [0.15, 0.2) is 24.3 Å². The van der Waals surface area contributed by atoms with Gasteiger partial charge in [-0.3, -0.25) is 0 Å². The lowest BCUT2D eigenvalue weighted by atomic mass is 10.1. The molecule has 1 atom stereocenters. The van der Waals surface area contributed by atoms with Gasteiger partial charge in [0.1, 0.15) is 23.5 Å². The second-order valence-corrected chi connectivity index (χ2v) is 5.30. The van der Waals surface area contributed by atoms with Gasteiger partial charge in [-0.05, 0) is 12.1 Å². The Morgan fingerprint density at radius 1 is 1.28 bits per heavy atom. The highest BCUT2D eigenvalue weighted by atomic mass is 35.5. The average molecular weight is 291 g/mol. The number of hydrogen-bond donors (Lipinski definition) is 1. The molecule has 0 radical (unpaired) electrons. The Kier molecular flexibility index (Phi) is 3.85. The zero-order valence-electron chi connectivity index (χ0n) is 9.28. The molecule has 0 spiro atoms. The van der Waals surface area contributed by atoms with Crippen LogP contribution in [0.5, 0.6) is 5.75 Å². The number of hydrogen-bond acceptors (Lipinski definition) is 3. The Bertz CT molecular complexity index is 548. The van der Waals surface area contributed by atoms with Crippen molar-refractivity contribution in [2.45, 2.75) is 6.10 Å². The van der Waals surface area contributed by atoms with Crippen molar-refractivity contribution in [1.29, 1.82) is 0 Å². The fourth-order valence-electron chi connectivity index (χ4n) is 1.56. The van der Waals surface area contributed by atoms with Crippen LogP contribution in [0.4, 0.5) is 8.78 Å². The molecule has 96 valence electrons. The number of methoxy groups -OCH3 is 1. The highest BCUT2D eigenvalue weighted by Gasteiger charge is 2.22. The van der Waals surface area contributed by atoms with Crippen LogP contribution in [0.1, 0.15) is 16.5 Å². The summed E-state index contributed by atoms with van der Waals surface area (Å²) in [4.78, 5) is 0.378. The predicted molar refractivity (Wildman–Crippen MR) is 66.3 cm³/mol. The number of benzene rings is 1. The lowest BCUT2D eigenvalue weighted by Gasteiger charge is -2.12. The Balaban J connectivity index is 2.44. The summed E-state index contributed by atoms with van der Waals surface area (Å²) in [6, 6.07) is 5.14. The second kappa shape index (κ2) is 5.22. The van der Waals surface area contributed by atoms with Crippen LogP contribution in [0.2, 0.25) is 4.34 Å². The molecule has 0 aliphatic rings. The predicted octanol–water partition coefficient (Wildman–Crippen LogP) is 3.77. The number of aliphatic hydroxyl groups is 1. The molecule has 1 aromatic carbocycles. The molecular weight excluding hydrogens is 282 g/mol.